The summed E-state index contributed by atoms with van der Waals surface area (Å²) in [4.78, 5) is 35.9. The fourth-order valence-corrected chi connectivity index (χ4v) is 8.06. The van der Waals surface area contributed by atoms with Crippen LogP contribution in [-0.4, -0.2) is 41.1 Å². The summed E-state index contributed by atoms with van der Waals surface area (Å²) in [5, 5.41) is 18.2. The molecule has 3 saturated carbocycles. The van der Waals surface area contributed by atoms with Gasteiger partial charge in [0.05, 0.1) is 12.2 Å². The largest absolute Gasteiger partial charge is 0.423 e. The molecule has 0 saturated heterocycles. The predicted molar refractivity (Wildman–Crippen MR) is 166 cm³/mol. The van der Waals surface area contributed by atoms with Gasteiger partial charge in [-0.15, -0.1) is 0 Å². The zero-order chi connectivity index (χ0) is 30.8. The van der Waals surface area contributed by atoms with E-state index in [2.05, 4.69) is 13.5 Å². The number of rotatable bonds is 13. The van der Waals surface area contributed by atoms with Crippen molar-refractivity contribution in [2.75, 3.05) is 13.2 Å². The molecule has 3 fully saturated rings. The predicted octanol–water partition coefficient (Wildman–Crippen LogP) is 7.07. The van der Waals surface area contributed by atoms with E-state index in [4.69, 9.17) is 14.6 Å². The molecule has 0 amide bonds. The lowest BCUT2D eigenvalue weighted by Crippen LogP contribution is -2.29. The topological polar surface area (TPSA) is 110 Å². The Morgan fingerprint density at radius 3 is 1.67 bits per heavy atom. The number of hydrogen-bond acceptors (Lipinski definition) is 7. The number of carbonyl (C=O) groups excluding carboxylic acids is 3. The molecule has 0 spiro atoms. The van der Waals surface area contributed by atoms with E-state index in [9.17, 15) is 19.5 Å². The Morgan fingerprint density at radius 1 is 0.698 bits per heavy atom. The SMILES string of the molecule is C=C(CO)C(=O)Oc1cc(OC(=O)C(=O)CO)cc(C2CCC(C3CCC(C4CCC(CCCCC)CC4)CC3)CC2)c1. The number of Topliss-reactive ketones (excluding diaryl/α,β-unsaturated/α-hetero) is 1. The van der Waals surface area contributed by atoms with Crippen molar-refractivity contribution in [2.24, 2.45) is 29.6 Å². The molecule has 0 heterocycles. The van der Waals surface area contributed by atoms with Gasteiger partial charge in [-0.3, -0.25) is 4.79 Å². The van der Waals surface area contributed by atoms with Crippen LogP contribution in [0.3, 0.4) is 0 Å². The molecule has 4 rings (SSSR count). The zero-order valence-corrected chi connectivity index (χ0v) is 26.1. The van der Waals surface area contributed by atoms with E-state index in [1.165, 1.54) is 83.1 Å². The molecule has 1 aromatic carbocycles. The van der Waals surface area contributed by atoms with Crippen LogP contribution in [0.25, 0.3) is 0 Å². The summed E-state index contributed by atoms with van der Waals surface area (Å²) in [6.07, 6.45) is 21.2. The van der Waals surface area contributed by atoms with Crippen molar-refractivity contribution in [3.05, 3.63) is 35.9 Å². The Bertz CT molecular complexity index is 1040. The maximum absolute atomic E-state index is 12.2. The van der Waals surface area contributed by atoms with Gasteiger partial charge in [-0.1, -0.05) is 52.0 Å². The van der Waals surface area contributed by atoms with E-state index in [1.807, 2.05) is 0 Å². The van der Waals surface area contributed by atoms with Crippen molar-refractivity contribution >= 4 is 17.7 Å². The quantitative estimate of drug-likeness (QED) is 0.0824. The van der Waals surface area contributed by atoms with Crippen molar-refractivity contribution in [1.29, 1.82) is 0 Å². The molecule has 7 nitrogen and oxygen atoms in total. The van der Waals surface area contributed by atoms with Crippen LogP contribution in [0.15, 0.2) is 30.4 Å². The Hall–Kier alpha value is -2.51. The highest BCUT2D eigenvalue weighted by Crippen LogP contribution is 2.48. The molecule has 0 radical (unpaired) electrons. The van der Waals surface area contributed by atoms with E-state index in [0.29, 0.717) is 0 Å². The number of ether oxygens (including phenoxy) is 2. The van der Waals surface area contributed by atoms with Crippen molar-refractivity contribution in [1.82, 2.24) is 0 Å². The van der Waals surface area contributed by atoms with Gasteiger partial charge in [0.15, 0.2) is 0 Å². The summed E-state index contributed by atoms with van der Waals surface area (Å²) in [5.41, 5.74) is 0.788. The highest BCUT2D eigenvalue weighted by Gasteiger charge is 2.35. The lowest BCUT2D eigenvalue weighted by molar-refractivity contribution is -0.148. The molecule has 1 aromatic rings. The van der Waals surface area contributed by atoms with Crippen molar-refractivity contribution < 1.29 is 34.1 Å². The highest BCUT2D eigenvalue weighted by atomic mass is 16.5. The molecule has 3 aliphatic rings. The Balaban J connectivity index is 1.29. The van der Waals surface area contributed by atoms with Crippen molar-refractivity contribution in [2.45, 2.75) is 116 Å². The summed E-state index contributed by atoms with van der Waals surface area (Å²) in [7, 11) is 0. The summed E-state index contributed by atoms with van der Waals surface area (Å²) in [6.45, 7) is 4.32. The Morgan fingerprint density at radius 2 is 1.19 bits per heavy atom. The Labute approximate surface area is 257 Å². The Kier molecular flexibility index (Phi) is 12.8. The second-order valence-electron chi connectivity index (χ2n) is 13.4. The number of carbonyl (C=O) groups is 3. The van der Waals surface area contributed by atoms with Crippen LogP contribution in [-0.2, 0) is 14.4 Å². The molecule has 3 aliphatic carbocycles. The van der Waals surface area contributed by atoms with Crippen molar-refractivity contribution in [3.8, 4) is 11.5 Å². The van der Waals surface area contributed by atoms with Gasteiger partial charge in [0, 0.05) is 6.07 Å². The monoisotopic (exact) mass is 596 g/mol. The third-order valence-corrected chi connectivity index (χ3v) is 10.7. The molecular weight excluding hydrogens is 544 g/mol. The van der Waals surface area contributed by atoms with E-state index in [1.54, 1.807) is 12.1 Å². The second-order valence-corrected chi connectivity index (χ2v) is 13.4. The molecule has 0 unspecified atom stereocenters. The first-order valence-corrected chi connectivity index (χ1v) is 16.8. The van der Waals surface area contributed by atoms with E-state index in [-0.39, 0.29) is 23.0 Å². The van der Waals surface area contributed by atoms with Crippen LogP contribution in [0, 0.1) is 29.6 Å². The van der Waals surface area contributed by atoms with E-state index in [0.717, 1.165) is 60.8 Å². The second kappa shape index (κ2) is 16.5. The van der Waals surface area contributed by atoms with Gasteiger partial charge in [-0.25, -0.2) is 9.59 Å². The maximum atomic E-state index is 12.2. The van der Waals surface area contributed by atoms with Gasteiger partial charge in [-0.2, -0.15) is 0 Å². The lowest BCUT2D eigenvalue weighted by Gasteiger charge is -2.41. The molecule has 0 atom stereocenters. The third kappa shape index (κ3) is 9.49. The molecule has 43 heavy (non-hydrogen) atoms. The normalized spacial score (nSPS) is 27.7. The standard InChI is InChI=1S/C36H52O7/c1-3-4-5-6-25-7-9-26(10-8-25)27-11-13-28(14-12-27)29-15-17-30(18-16-29)31-19-32(42-35(40)24(2)22-37)21-33(20-31)43-36(41)34(39)23-38/h19-21,25-30,37-38H,2-18,22-23H2,1H3. The first kappa shape index (κ1) is 33.4. The van der Waals surface area contributed by atoms with E-state index < -0.39 is 30.9 Å². The van der Waals surface area contributed by atoms with Crippen LogP contribution >= 0.6 is 0 Å². The smallest absolute Gasteiger partial charge is 0.382 e. The number of aliphatic hydroxyl groups is 2. The van der Waals surface area contributed by atoms with Crippen LogP contribution in [0.1, 0.15) is 121 Å². The zero-order valence-electron chi connectivity index (χ0n) is 26.1. The van der Waals surface area contributed by atoms with Crippen LogP contribution in [0.5, 0.6) is 11.5 Å². The molecule has 0 aliphatic heterocycles. The van der Waals surface area contributed by atoms with Crippen molar-refractivity contribution in [3.63, 3.8) is 0 Å². The van der Waals surface area contributed by atoms with Crippen LogP contribution in [0.4, 0.5) is 0 Å². The molecule has 7 heteroatoms. The first-order valence-electron chi connectivity index (χ1n) is 16.8. The van der Waals surface area contributed by atoms with Gasteiger partial charge in [-0.05, 0) is 117 Å². The lowest BCUT2D eigenvalue weighted by atomic mass is 9.64. The number of benzene rings is 1. The number of hydrogen-bond donors (Lipinski definition) is 2. The average Bonchev–Trinajstić information content (AvgIpc) is 3.04. The minimum absolute atomic E-state index is 0.0807. The van der Waals surface area contributed by atoms with E-state index >= 15 is 0 Å². The summed E-state index contributed by atoms with van der Waals surface area (Å²) >= 11 is 0. The van der Waals surface area contributed by atoms with Gasteiger partial charge in [0.1, 0.15) is 18.1 Å². The van der Waals surface area contributed by atoms with Gasteiger partial charge >= 0.3 is 11.9 Å². The molecule has 0 bridgehead atoms. The number of ketones is 1. The first-order chi connectivity index (χ1) is 20.8. The number of aliphatic hydroxyl groups excluding tert-OH is 2. The summed E-state index contributed by atoms with van der Waals surface area (Å²) < 4.78 is 10.6. The third-order valence-electron chi connectivity index (χ3n) is 10.7. The van der Waals surface area contributed by atoms with Gasteiger partial charge in [0.2, 0.25) is 0 Å². The van der Waals surface area contributed by atoms with Gasteiger partial charge in [0.25, 0.3) is 5.78 Å². The summed E-state index contributed by atoms with van der Waals surface area (Å²) in [5.74, 6) is 1.85. The minimum atomic E-state index is -1.17. The average molecular weight is 597 g/mol. The minimum Gasteiger partial charge on any atom is -0.423 e. The van der Waals surface area contributed by atoms with Gasteiger partial charge < -0.3 is 19.7 Å². The highest BCUT2D eigenvalue weighted by molar-refractivity contribution is 6.34. The molecule has 0 aromatic heterocycles. The molecular formula is C36H52O7. The fourth-order valence-electron chi connectivity index (χ4n) is 8.06. The fraction of sp³-hybridized carbons (Fsp3) is 0.694. The molecule has 238 valence electrons. The molecule has 2 N–H and O–H groups in total. The number of esters is 2. The maximum Gasteiger partial charge on any atom is 0.382 e. The summed E-state index contributed by atoms with van der Waals surface area (Å²) in [6, 6.07) is 4.84. The van der Waals surface area contributed by atoms with Crippen LogP contribution < -0.4 is 9.47 Å². The number of unbranched alkanes of at least 4 members (excludes halogenated alkanes) is 2. The van der Waals surface area contributed by atoms with Crippen LogP contribution in [0.2, 0.25) is 0 Å².